The normalized spacial score (nSPS) is 12.7. The van der Waals surface area contributed by atoms with Crippen LogP contribution in [0.25, 0.3) is 0 Å². The Balaban J connectivity index is 2.41. The van der Waals surface area contributed by atoms with Crippen LogP contribution < -0.4 is 5.32 Å². The van der Waals surface area contributed by atoms with E-state index in [9.17, 15) is 0 Å². The van der Waals surface area contributed by atoms with E-state index in [1.165, 1.54) is 6.42 Å². The second-order valence-corrected chi connectivity index (χ2v) is 5.55. The molecule has 0 saturated carbocycles. The lowest BCUT2D eigenvalue weighted by molar-refractivity contribution is 0.126. The highest BCUT2D eigenvalue weighted by Gasteiger charge is 2.11. The molecule has 0 aliphatic rings. The summed E-state index contributed by atoms with van der Waals surface area (Å²) in [5.74, 6) is 0. The molecule has 1 aromatic rings. The molecule has 0 aromatic heterocycles. The molecule has 1 N–H and O–H groups in total. The third-order valence-electron chi connectivity index (χ3n) is 3.39. The minimum absolute atomic E-state index is 0.594. The molecule has 0 saturated heterocycles. The fourth-order valence-electron chi connectivity index (χ4n) is 1.96. The van der Waals surface area contributed by atoms with E-state index in [0.717, 1.165) is 36.4 Å². The van der Waals surface area contributed by atoms with Crippen LogP contribution in [-0.4, -0.2) is 44.3 Å². The maximum Gasteiger partial charge on any atom is 0.0589 e. The smallest absolute Gasteiger partial charge is 0.0589 e. The molecule has 19 heavy (non-hydrogen) atoms. The number of nitrogens with one attached hydrogen (secondary N) is 1. The molecule has 1 aromatic carbocycles. The van der Waals surface area contributed by atoms with Gasteiger partial charge in [0.15, 0.2) is 0 Å². The van der Waals surface area contributed by atoms with E-state index in [1.54, 1.807) is 7.11 Å². The molecular formula is C15H25BrN2O. The monoisotopic (exact) mass is 328 g/mol. The van der Waals surface area contributed by atoms with Crippen molar-refractivity contribution >= 4 is 21.6 Å². The molecule has 3 nitrogen and oxygen atoms in total. The maximum atomic E-state index is 5.18. The summed E-state index contributed by atoms with van der Waals surface area (Å²) in [4.78, 5) is 2.47. The van der Waals surface area contributed by atoms with Gasteiger partial charge in [-0.15, -0.1) is 0 Å². The summed E-state index contributed by atoms with van der Waals surface area (Å²) in [6, 6.07) is 8.81. The van der Waals surface area contributed by atoms with Crippen molar-refractivity contribution in [1.29, 1.82) is 0 Å². The van der Waals surface area contributed by atoms with Gasteiger partial charge in [-0.2, -0.15) is 0 Å². The molecule has 0 spiro atoms. The quantitative estimate of drug-likeness (QED) is 0.749. The van der Waals surface area contributed by atoms with Crippen molar-refractivity contribution in [3.8, 4) is 0 Å². The number of halogens is 1. The van der Waals surface area contributed by atoms with Gasteiger partial charge in [0.05, 0.1) is 6.61 Å². The number of methoxy groups -OCH3 is 1. The summed E-state index contributed by atoms with van der Waals surface area (Å²) in [6.07, 6.45) is 1.17. The Morgan fingerprint density at radius 3 is 2.68 bits per heavy atom. The number of hydrogen-bond acceptors (Lipinski definition) is 3. The zero-order valence-electron chi connectivity index (χ0n) is 12.2. The van der Waals surface area contributed by atoms with E-state index in [1.807, 2.05) is 12.1 Å². The van der Waals surface area contributed by atoms with Crippen LogP contribution in [0.5, 0.6) is 0 Å². The first-order valence-corrected chi connectivity index (χ1v) is 7.69. The third-order valence-corrected chi connectivity index (χ3v) is 4.08. The van der Waals surface area contributed by atoms with Crippen LogP contribution in [0.3, 0.4) is 0 Å². The van der Waals surface area contributed by atoms with E-state index >= 15 is 0 Å². The largest absolute Gasteiger partial charge is 0.383 e. The summed E-state index contributed by atoms with van der Waals surface area (Å²) < 4.78 is 6.29. The van der Waals surface area contributed by atoms with Crippen LogP contribution >= 0.6 is 15.9 Å². The highest BCUT2D eigenvalue weighted by molar-refractivity contribution is 9.10. The lowest BCUT2D eigenvalue weighted by Gasteiger charge is -2.28. The number of hydrogen-bond donors (Lipinski definition) is 1. The number of ether oxygens (including phenoxy) is 1. The van der Waals surface area contributed by atoms with Gasteiger partial charge in [0.2, 0.25) is 0 Å². The highest BCUT2D eigenvalue weighted by Crippen LogP contribution is 2.20. The van der Waals surface area contributed by atoms with Gasteiger partial charge in [-0.3, -0.25) is 4.90 Å². The van der Waals surface area contributed by atoms with Gasteiger partial charge in [0.25, 0.3) is 0 Å². The molecule has 0 heterocycles. The van der Waals surface area contributed by atoms with Crippen molar-refractivity contribution in [1.82, 2.24) is 4.90 Å². The van der Waals surface area contributed by atoms with Crippen LogP contribution in [0.1, 0.15) is 20.3 Å². The Morgan fingerprint density at radius 2 is 2.05 bits per heavy atom. The predicted molar refractivity (Wildman–Crippen MR) is 85.8 cm³/mol. The van der Waals surface area contributed by atoms with Crippen LogP contribution in [0.15, 0.2) is 28.7 Å². The Labute approximate surface area is 125 Å². The SMILES string of the molecule is CCC(C)N(CCNc1ccccc1Br)CCOC. The van der Waals surface area contributed by atoms with Crippen molar-refractivity contribution in [2.75, 3.05) is 38.7 Å². The average Bonchev–Trinajstić information content (AvgIpc) is 2.43. The summed E-state index contributed by atoms with van der Waals surface area (Å²) in [5, 5.41) is 3.47. The molecule has 0 aliphatic carbocycles. The van der Waals surface area contributed by atoms with Gasteiger partial charge in [-0.1, -0.05) is 19.1 Å². The summed E-state index contributed by atoms with van der Waals surface area (Å²) in [5.41, 5.74) is 1.15. The van der Waals surface area contributed by atoms with Gasteiger partial charge in [-0.25, -0.2) is 0 Å². The highest BCUT2D eigenvalue weighted by atomic mass is 79.9. The number of rotatable bonds is 9. The fraction of sp³-hybridized carbons (Fsp3) is 0.600. The van der Waals surface area contributed by atoms with Crippen molar-refractivity contribution in [3.63, 3.8) is 0 Å². The van der Waals surface area contributed by atoms with Crippen molar-refractivity contribution < 1.29 is 4.74 Å². The first kappa shape index (κ1) is 16.5. The first-order valence-electron chi connectivity index (χ1n) is 6.90. The molecule has 1 atom stereocenters. The van der Waals surface area contributed by atoms with E-state index < -0.39 is 0 Å². The molecular weight excluding hydrogens is 304 g/mol. The first-order chi connectivity index (χ1) is 9.19. The second-order valence-electron chi connectivity index (χ2n) is 4.69. The summed E-state index contributed by atoms with van der Waals surface area (Å²) >= 11 is 3.55. The topological polar surface area (TPSA) is 24.5 Å². The van der Waals surface area contributed by atoms with Crippen LogP contribution in [0.2, 0.25) is 0 Å². The number of nitrogens with zero attached hydrogens (tertiary/aromatic N) is 1. The maximum absolute atomic E-state index is 5.18. The number of para-hydroxylation sites is 1. The van der Waals surface area contributed by atoms with Crippen LogP contribution in [-0.2, 0) is 4.74 Å². The lowest BCUT2D eigenvalue weighted by Crippen LogP contribution is -2.38. The fourth-order valence-corrected chi connectivity index (χ4v) is 2.38. The van der Waals surface area contributed by atoms with Crippen molar-refractivity contribution in [2.45, 2.75) is 26.3 Å². The Morgan fingerprint density at radius 1 is 1.32 bits per heavy atom. The lowest BCUT2D eigenvalue weighted by atomic mass is 10.2. The third kappa shape index (κ3) is 5.93. The molecule has 0 fully saturated rings. The van der Waals surface area contributed by atoms with E-state index in [-0.39, 0.29) is 0 Å². The summed E-state index contributed by atoms with van der Waals surface area (Å²) in [7, 11) is 1.76. The van der Waals surface area contributed by atoms with Gasteiger partial charge >= 0.3 is 0 Å². The molecule has 1 unspecified atom stereocenters. The Hall–Kier alpha value is -0.580. The number of anilines is 1. The van der Waals surface area contributed by atoms with E-state index in [2.05, 4.69) is 52.1 Å². The second kappa shape index (κ2) is 9.34. The van der Waals surface area contributed by atoms with Crippen LogP contribution in [0, 0.1) is 0 Å². The molecule has 0 radical (unpaired) electrons. The Kier molecular flexibility index (Phi) is 8.10. The molecule has 0 aliphatic heterocycles. The molecule has 1 rings (SSSR count). The van der Waals surface area contributed by atoms with Crippen molar-refractivity contribution in [2.24, 2.45) is 0 Å². The molecule has 4 heteroatoms. The molecule has 0 amide bonds. The zero-order valence-corrected chi connectivity index (χ0v) is 13.7. The molecule has 0 bridgehead atoms. The van der Waals surface area contributed by atoms with Gasteiger partial charge in [-0.05, 0) is 41.4 Å². The standard InChI is InChI=1S/C15H25BrN2O/c1-4-13(2)18(11-12-19-3)10-9-17-15-8-6-5-7-14(15)16/h5-8,13,17H,4,9-12H2,1-3H3. The minimum Gasteiger partial charge on any atom is -0.383 e. The zero-order chi connectivity index (χ0) is 14.1. The molecule has 108 valence electrons. The predicted octanol–water partition coefficient (Wildman–Crippen LogP) is 3.61. The van der Waals surface area contributed by atoms with E-state index in [0.29, 0.717) is 6.04 Å². The average molecular weight is 329 g/mol. The van der Waals surface area contributed by atoms with Crippen molar-refractivity contribution in [3.05, 3.63) is 28.7 Å². The Bertz CT molecular complexity index is 360. The van der Waals surface area contributed by atoms with Gasteiger partial charge in [0.1, 0.15) is 0 Å². The number of benzene rings is 1. The minimum atomic E-state index is 0.594. The summed E-state index contributed by atoms with van der Waals surface area (Å²) in [6.45, 7) is 8.25. The van der Waals surface area contributed by atoms with Gasteiger partial charge in [0, 0.05) is 42.9 Å². The van der Waals surface area contributed by atoms with Crippen LogP contribution in [0.4, 0.5) is 5.69 Å². The van der Waals surface area contributed by atoms with E-state index in [4.69, 9.17) is 4.74 Å². The van der Waals surface area contributed by atoms with Gasteiger partial charge < -0.3 is 10.1 Å².